The predicted octanol–water partition coefficient (Wildman–Crippen LogP) is 5.49. The van der Waals surface area contributed by atoms with Crippen LogP contribution in [0.4, 0.5) is 0 Å². The molecule has 0 saturated heterocycles. The van der Waals surface area contributed by atoms with Crippen LogP contribution in [-0.4, -0.2) is 11.8 Å². The number of hydrogen-bond donors (Lipinski definition) is 0. The monoisotopic (exact) mass is 754 g/mol. The first-order valence-corrected chi connectivity index (χ1v) is 24.4. The summed E-state index contributed by atoms with van der Waals surface area (Å²) in [7, 11) is -1.44. The number of benzene rings is 3. The number of rotatable bonds is 4. The molecule has 0 aliphatic heterocycles. The van der Waals surface area contributed by atoms with Crippen LogP contribution < -0.4 is 24.8 Å². The van der Waals surface area contributed by atoms with Crippen LogP contribution in [-0.2, 0) is 38.5 Å². The van der Waals surface area contributed by atoms with Gasteiger partial charge in [-0.05, 0) is 0 Å². The summed E-state index contributed by atoms with van der Waals surface area (Å²) >= 11 is -2.52. The third-order valence-electron chi connectivity index (χ3n) is 11.4. The van der Waals surface area contributed by atoms with E-state index in [0.29, 0.717) is 5.92 Å². The average molecular weight is 757 g/mol. The predicted molar refractivity (Wildman–Crippen MR) is 197 cm³/mol. The Bertz CT molecular complexity index is 1990. The molecule has 0 radical (unpaired) electrons. The van der Waals surface area contributed by atoms with E-state index in [1.807, 2.05) is 3.28 Å². The Morgan fingerprint density at radius 1 is 0.745 bits per heavy atom. The molecule has 1 atom stereocenters. The molecular weight excluding hydrogens is 707 g/mol. The molecule has 0 heterocycles. The number of halogens is 2. The average Bonchev–Trinajstić information content (AvgIpc) is 3.59. The molecule has 7 rings (SSSR count). The summed E-state index contributed by atoms with van der Waals surface area (Å²) < 4.78 is 6.38. The summed E-state index contributed by atoms with van der Waals surface area (Å²) in [5, 5.41) is 1.70. The van der Waals surface area contributed by atoms with Gasteiger partial charge in [0, 0.05) is 0 Å². The summed E-state index contributed by atoms with van der Waals surface area (Å²) in [6.45, 7) is 29.3. The normalized spacial score (nSPS) is 19.9. The van der Waals surface area contributed by atoms with Crippen molar-refractivity contribution < 1.29 is 46.1 Å². The largest absolute Gasteiger partial charge is 1.00 e. The molecule has 1 unspecified atom stereocenters. The quantitative estimate of drug-likeness (QED) is 0.242. The molecule has 0 bridgehead atoms. The van der Waals surface area contributed by atoms with Crippen LogP contribution in [0.15, 0.2) is 78.0 Å². The van der Waals surface area contributed by atoms with E-state index in [2.05, 4.69) is 146 Å². The molecule has 0 fully saturated rings. The van der Waals surface area contributed by atoms with Crippen LogP contribution in [0.5, 0.6) is 0 Å². The molecule has 0 N–H and O–H groups in total. The van der Waals surface area contributed by atoms with Crippen molar-refractivity contribution in [1.82, 2.24) is 0 Å². The summed E-state index contributed by atoms with van der Waals surface area (Å²) in [4.78, 5) is 0. The van der Waals surface area contributed by atoms with Gasteiger partial charge in [-0.15, -0.1) is 0 Å². The Morgan fingerprint density at radius 2 is 1.32 bits per heavy atom. The van der Waals surface area contributed by atoms with Crippen molar-refractivity contribution in [3.8, 4) is 11.1 Å². The second kappa shape index (κ2) is 12.2. The van der Waals surface area contributed by atoms with Gasteiger partial charge in [-0.2, -0.15) is 0 Å². The molecule has 4 aliphatic rings. The molecule has 3 aromatic carbocycles. The van der Waals surface area contributed by atoms with Crippen LogP contribution >= 0.6 is 0 Å². The first kappa shape index (κ1) is 36.5. The SMILES string of the molecule is CC1=CC(C)(C)c2cc3c(cc21)-c1cc2c(cc1C3)C(C)(C)[C]([Zr+2](=[CH]c1ccc(C)cc1)[C]1=C(C)C([Si](C)(C)C)=CC1C)=C2C.[Cl-].[Cl-]. The zero-order valence-corrected chi connectivity index (χ0v) is 35.4. The fourth-order valence-electron chi connectivity index (χ4n) is 9.27. The first-order chi connectivity index (χ1) is 21.0. The van der Waals surface area contributed by atoms with Crippen LogP contribution in [0.3, 0.4) is 0 Å². The van der Waals surface area contributed by atoms with E-state index in [1.165, 1.54) is 55.6 Å². The van der Waals surface area contributed by atoms with Crippen molar-refractivity contribution >= 4 is 22.9 Å². The molecule has 0 spiro atoms. The minimum Gasteiger partial charge on any atom is -1.00 e. The van der Waals surface area contributed by atoms with Crippen molar-refractivity contribution in [2.24, 2.45) is 5.92 Å². The standard InChI is InChI=1S/C25H25.C10H17Si.C8H8.2ClH.Zr/c1-14-12-24(3,4)22-8-16-7-17-9-23-19(15(2)13-25(23,5)6)11-21(17)20(16)10-18(14)22;1-8-6-9(2)10(7-8)11(3,4)5;1-7-3-5-8(2)6-4-7;;;/h8-12H,7H2,1-6H3;7-8H,1-5H3;1,3-6H,2H3;2*1H;/q;;;;;+2/p-2. The van der Waals surface area contributed by atoms with E-state index < -0.39 is 29.3 Å². The summed E-state index contributed by atoms with van der Waals surface area (Å²) in [5.74, 6) is 0.530. The maximum Gasteiger partial charge on any atom is -1.00 e. The van der Waals surface area contributed by atoms with Crippen molar-refractivity contribution in [2.45, 2.75) is 99.2 Å². The molecule has 244 valence electrons. The van der Waals surface area contributed by atoms with Gasteiger partial charge in [-0.25, -0.2) is 0 Å². The van der Waals surface area contributed by atoms with Gasteiger partial charge in [0.1, 0.15) is 0 Å². The molecule has 0 aromatic heterocycles. The second-order valence-corrected chi connectivity index (χ2v) is 26.9. The van der Waals surface area contributed by atoms with Gasteiger partial charge in [0.2, 0.25) is 0 Å². The fourth-order valence-corrected chi connectivity index (χ4v) is 20.3. The summed E-state index contributed by atoms with van der Waals surface area (Å²) in [6.07, 6.45) is 6.17. The Balaban J connectivity index is 0.00000217. The van der Waals surface area contributed by atoms with Crippen molar-refractivity contribution in [3.63, 3.8) is 0 Å². The molecule has 0 saturated carbocycles. The molecule has 3 aromatic rings. The molecule has 47 heavy (non-hydrogen) atoms. The van der Waals surface area contributed by atoms with Gasteiger partial charge in [0.15, 0.2) is 0 Å². The fraction of sp³-hybridized carbons (Fsp3) is 0.372. The summed E-state index contributed by atoms with van der Waals surface area (Å²) in [6, 6.07) is 19.6. The smallest absolute Gasteiger partial charge is 1.00 e. The number of aryl methyl sites for hydroxylation is 1. The Hall–Kier alpha value is -1.83. The van der Waals surface area contributed by atoms with Gasteiger partial charge in [-0.3, -0.25) is 0 Å². The van der Waals surface area contributed by atoms with Gasteiger partial charge < -0.3 is 24.8 Å². The number of hydrogen-bond acceptors (Lipinski definition) is 0. The Kier molecular flexibility index (Phi) is 9.46. The van der Waals surface area contributed by atoms with Crippen molar-refractivity contribution in [3.05, 3.63) is 123 Å². The van der Waals surface area contributed by atoms with Crippen LogP contribution in [0.1, 0.15) is 99.9 Å². The van der Waals surface area contributed by atoms with Crippen molar-refractivity contribution in [2.75, 3.05) is 0 Å². The van der Waals surface area contributed by atoms with Crippen LogP contribution in [0.25, 0.3) is 22.3 Å². The topological polar surface area (TPSA) is 0 Å². The van der Waals surface area contributed by atoms with E-state index >= 15 is 0 Å². The maximum atomic E-state index is 2.79. The molecule has 0 amide bonds. The van der Waals surface area contributed by atoms with Gasteiger partial charge in [0.05, 0.1) is 0 Å². The number of allylic oxidation sites excluding steroid dienone is 8. The van der Waals surface area contributed by atoms with Gasteiger partial charge in [-0.1, -0.05) is 0 Å². The first-order valence-electron chi connectivity index (χ1n) is 17.0. The Labute approximate surface area is 305 Å². The van der Waals surface area contributed by atoms with Gasteiger partial charge in [0.25, 0.3) is 0 Å². The van der Waals surface area contributed by atoms with Crippen LogP contribution in [0, 0.1) is 12.8 Å². The third kappa shape index (κ3) is 5.72. The molecule has 4 heteroatoms. The third-order valence-corrected chi connectivity index (χ3v) is 22.3. The maximum absolute atomic E-state index is 2.79. The summed E-state index contributed by atoms with van der Waals surface area (Å²) in [5.41, 5.74) is 19.5. The molecule has 4 aliphatic carbocycles. The van der Waals surface area contributed by atoms with Gasteiger partial charge >= 0.3 is 283 Å². The van der Waals surface area contributed by atoms with E-state index in [4.69, 9.17) is 0 Å². The minimum absolute atomic E-state index is 0. The molecular formula is C43H50Cl2SiZr. The zero-order valence-electron chi connectivity index (χ0n) is 30.4. The second-order valence-electron chi connectivity index (χ2n) is 16.6. The molecule has 0 nitrogen and oxygen atoms in total. The zero-order chi connectivity index (χ0) is 32.4. The van der Waals surface area contributed by atoms with Crippen LogP contribution in [0.2, 0.25) is 19.6 Å². The van der Waals surface area contributed by atoms with Crippen molar-refractivity contribution in [1.29, 1.82) is 0 Å². The van der Waals surface area contributed by atoms with E-state index in [1.54, 1.807) is 25.2 Å². The van der Waals surface area contributed by atoms with E-state index in [-0.39, 0.29) is 35.6 Å². The number of fused-ring (bicyclic) bond motifs is 5. The van der Waals surface area contributed by atoms with E-state index in [0.717, 1.165) is 6.42 Å². The Morgan fingerprint density at radius 3 is 1.89 bits per heavy atom. The van der Waals surface area contributed by atoms with E-state index in [9.17, 15) is 0 Å². The minimum atomic E-state index is -2.52.